The summed E-state index contributed by atoms with van der Waals surface area (Å²) in [4.78, 5) is 0. The second kappa shape index (κ2) is 11.4. The number of furan rings is 1. The van der Waals surface area contributed by atoms with Crippen LogP contribution < -0.4 is 0 Å². The normalized spacial score (nSPS) is 44.2. The standard InChI is InChI=1S/C39H37N3O/c1-4-14-26(15-5-1)35-29(30-22-13-25-34-37(30)31-20-10-11-24-33(31)43-34)21-12-23-32(35)39-36(27-16-6-2-7-17-27)38(40-42-41-39)28-18-8-3-9-19-28/h1,4-5,10-15,20-25,27-28H,2-3,6-9,16-19H2/i1D,2D2,3D2,4D,5D,6D2,7D2,8D2,9D2,14D,15D,16D,17D2,18D,19D2,21D,27D,28D. The largest absolute Gasteiger partial charge is 0.456 e. The molecule has 0 N–H and O–H groups in total. The molecule has 2 aromatic heterocycles. The van der Waals surface area contributed by atoms with Crippen molar-refractivity contribution < 1.29 is 40.1 Å². The van der Waals surface area contributed by atoms with Crippen molar-refractivity contribution in [1.29, 1.82) is 0 Å². The van der Waals surface area contributed by atoms with E-state index in [1.807, 2.05) is 0 Å². The van der Waals surface area contributed by atoms with Gasteiger partial charge in [0.2, 0.25) is 0 Å². The minimum Gasteiger partial charge on any atom is -0.456 e. The van der Waals surface area contributed by atoms with Gasteiger partial charge in [0.25, 0.3) is 0 Å². The molecule has 214 valence electrons. The summed E-state index contributed by atoms with van der Waals surface area (Å²) in [7, 11) is 0. The molecule has 8 rings (SSSR count). The van der Waals surface area contributed by atoms with Crippen molar-refractivity contribution in [2.24, 2.45) is 0 Å². The molecular weight excluding hydrogens is 526 g/mol. The van der Waals surface area contributed by atoms with Gasteiger partial charge in [-0.25, -0.2) is 0 Å². The molecular formula is C39H37N3O. The van der Waals surface area contributed by atoms with E-state index in [0.29, 0.717) is 11.0 Å². The van der Waals surface area contributed by atoms with Crippen LogP contribution in [0.15, 0.2) is 95.3 Å². The van der Waals surface area contributed by atoms with Crippen molar-refractivity contribution in [3.63, 3.8) is 0 Å². The van der Waals surface area contributed by atoms with Crippen molar-refractivity contribution >= 4 is 21.9 Å². The Balaban J connectivity index is 1.67. The van der Waals surface area contributed by atoms with Crippen molar-refractivity contribution in [2.45, 2.75) is 75.6 Å². The van der Waals surface area contributed by atoms with Crippen molar-refractivity contribution in [3.05, 3.63) is 102 Å². The maximum absolute atomic E-state index is 10.1. The van der Waals surface area contributed by atoms with Gasteiger partial charge in [-0.15, -0.1) is 10.2 Å². The van der Waals surface area contributed by atoms with Gasteiger partial charge in [0.1, 0.15) is 16.9 Å². The highest BCUT2D eigenvalue weighted by atomic mass is 16.3. The first-order valence-corrected chi connectivity index (χ1v) is 13.1. The zero-order valence-corrected chi connectivity index (χ0v) is 22.1. The topological polar surface area (TPSA) is 51.8 Å². The molecule has 4 heteroatoms. The van der Waals surface area contributed by atoms with E-state index in [2.05, 4.69) is 15.4 Å². The summed E-state index contributed by atoms with van der Waals surface area (Å²) >= 11 is 0. The summed E-state index contributed by atoms with van der Waals surface area (Å²) in [6.45, 7) is 0. The van der Waals surface area contributed by atoms with Gasteiger partial charge in [-0.2, -0.15) is 0 Å². The maximum Gasteiger partial charge on any atom is 0.136 e. The van der Waals surface area contributed by atoms with Crippen molar-refractivity contribution in [1.82, 2.24) is 15.4 Å². The first kappa shape index (κ1) is 10.7. The van der Waals surface area contributed by atoms with Crippen molar-refractivity contribution in [3.8, 4) is 33.5 Å². The molecule has 2 aliphatic rings. The summed E-state index contributed by atoms with van der Waals surface area (Å²) in [6.07, 6.45) is -39.2. The third kappa shape index (κ3) is 4.74. The van der Waals surface area contributed by atoms with Gasteiger partial charge in [0.05, 0.1) is 13.9 Å². The van der Waals surface area contributed by atoms with Crippen LogP contribution >= 0.6 is 0 Å². The molecule has 0 bridgehead atoms. The lowest BCUT2D eigenvalue weighted by Gasteiger charge is -2.30. The van der Waals surface area contributed by atoms with Crippen molar-refractivity contribution in [2.75, 3.05) is 0 Å². The fraction of sp³-hybridized carbons (Fsp3) is 0.308. The van der Waals surface area contributed by atoms with Crippen LogP contribution in [0.4, 0.5) is 0 Å². The quantitative estimate of drug-likeness (QED) is 0.201. The molecule has 0 amide bonds. The molecule has 2 aliphatic carbocycles. The van der Waals surface area contributed by atoms with Gasteiger partial charge < -0.3 is 4.42 Å². The lowest BCUT2D eigenvalue weighted by atomic mass is 9.76. The third-order valence-electron chi connectivity index (χ3n) is 7.06. The number of hydrogen-bond donors (Lipinski definition) is 0. The highest BCUT2D eigenvalue weighted by molar-refractivity contribution is 6.14. The Hall–Kier alpha value is -4.31. The second-order valence-corrected chi connectivity index (χ2v) is 9.43. The van der Waals surface area contributed by atoms with Crippen LogP contribution in [0.1, 0.15) is 122 Å². The molecule has 0 spiro atoms. The Bertz CT molecular complexity index is 3120. The van der Waals surface area contributed by atoms with Crippen LogP contribution in [0.3, 0.4) is 0 Å². The molecule has 4 unspecified atom stereocenters. The van der Waals surface area contributed by atoms with E-state index in [1.165, 1.54) is 12.1 Å². The smallest absolute Gasteiger partial charge is 0.136 e. The molecule has 0 aliphatic heterocycles. The SMILES string of the molecule is [2H]c1ccc(-c2nnnc(C3([2H])C([2H])C([2H])([2H])C([2H])([2H])C([2H])([2H])C3([2H])[2H])c2C2([2H])C([2H])C([2H])([2H])C([2H])([2H])C([2H])([2H])C2([2H])[2H])c(-c2c([2H])c([2H])c([2H])c([2H])c2[2H])c1-c1cccc2oc3ccccc3c12. The van der Waals surface area contributed by atoms with Crippen LogP contribution in [0.2, 0.25) is 0 Å². The van der Waals surface area contributed by atoms with Crippen LogP contribution in [0.25, 0.3) is 55.4 Å². The summed E-state index contributed by atoms with van der Waals surface area (Å²) in [5, 5.41) is 12.0. The lowest BCUT2D eigenvalue weighted by Crippen LogP contribution is -2.17. The number of benzene rings is 4. The molecule has 4 atom stereocenters. The van der Waals surface area contributed by atoms with Crippen LogP contribution in [-0.4, -0.2) is 15.4 Å². The van der Waals surface area contributed by atoms with E-state index < -0.39 is 145 Å². The highest BCUT2D eigenvalue weighted by Gasteiger charge is 2.31. The minimum absolute atomic E-state index is 0.0538. The highest BCUT2D eigenvalue weighted by Crippen LogP contribution is 2.48. The number of aromatic nitrogens is 3. The Morgan fingerprint density at radius 2 is 1.47 bits per heavy atom. The Kier molecular flexibility index (Phi) is 2.84. The molecule has 43 heavy (non-hydrogen) atoms. The molecule has 4 nitrogen and oxygen atoms in total. The Morgan fingerprint density at radius 1 is 0.698 bits per heavy atom. The van der Waals surface area contributed by atoms with Gasteiger partial charge in [-0.05, 0) is 71.0 Å². The van der Waals surface area contributed by atoms with E-state index in [4.69, 9.17) is 29.1 Å². The zero-order valence-electron chi connectivity index (χ0n) is 48.1. The van der Waals surface area contributed by atoms with Crippen LogP contribution in [-0.2, 0) is 0 Å². The van der Waals surface area contributed by atoms with Gasteiger partial charge in [0.15, 0.2) is 0 Å². The van der Waals surface area contributed by atoms with E-state index in [0.717, 1.165) is 12.1 Å². The molecule has 2 heterocycles. The first-order chi connectivity index (χ1) is 31.4. The summed E-state index contributed by atoms with van der Waals surface area (Å²) < 4.78 is 239. The first-order valence-electron chi connectivity index (χ1n) is 26.3. The number of hydrogen-bond acceptors (Lipinski definition) is 4. The average Bonchev–Trinajstić information content (AvgIpc) is 3.67. The van der Waals surface area contributed by atoms with Crippen LogP contribution in [0.5, 0.6) is 0 Å². The predicted molar refractivity (Wildman–Crippen MR) is 175 cm³/mol. The third-order valence-corrected chi connectivity index (χ3v) is 7.06. The minimum atomic E-state index is -4.28. The van der Waals surface area contributed by atoms with E-state index in [-0.39, 0.29) is 22.1 Å². The predicted octanol–water partition coefficient (Wildman–Crippen LogP) is 10.9. The summed E-state index contributed by atoms with van der Waals surface area (Å²) in [6, 6.07) is 7.89. The van der Waals surface area contributed by atoms with Gasteiger partial charge in [-0.3, -0.25) is 0 Å². The van der Waals surface area contributed by atoms with Crippen LogP contribution in [0, 0.1) is 0 Å². The second-order valence-electron chi connectivity index (χ2n) is 9.43. The fourth-order valence-corrected chi connectivity index (χ4v) is 5.30. The number of rotatable bonds is 5. The zero-order chi connectivity index (χ0) is 51.7. The number of para-hydroxylation sites is 1. The van der Waals surface area contributed by atoms with E-state index in [1.54, 1.807) is 30.3 Å². The van der Waals surface area contributed by atoms with E-state index in [9.17, 15) is 11.0 Å². The van der Waals surface area contributed by atoms with Gasteiger partial charge in [-0.1, -0.05) is 117 Å². The molecule has 2 saturated carbocycles. The molecule has 2 fully saturated rings. The molecule has 4 aromatic carbocycles. The fourth-order valence-electron chi connectivity index (χ4n) is 5.30. The summed E-state index contributed by atoms with van der Waals surface area (Å²) in [5.74, 6) is -8.22. The number of fused-ring (bicyclic) bond motifs is 3. The monoisotopic (exact) mass is 589 g/mol. The summed E-state index contributed by atoms with van der Waals surface area (Å²) in [5.41, 5.74) is -6.20. The molecule has 0 saturated heterocycles. The van der Waals surface area contributed by atoms with Gasteiger partial charge in [0, 0.05) is 55.2 Å². The van der Waals surface area contributed by atoms with E-state index >= 15 is 0 Å². The van der Waals surface area contributed by atoms with Gasteiger partial charge >= 0.3 is 0 Å². The maximum atomic E-state index is 10.1. The molecule has 6 aromatic rings. The lowest BCUT2D eigenvalue weighted by molar-refractivity contribution is 0.408. The Morgan fingerprint density at radius 3 is 2.35 bits per heavy atom. The average molecular weight is 590 g/mol. The number of nitrogens with zero attached hydrogens (tertiary/aromatic N) is 3. The molecule has 0 radical (unpaired) electrons. The Labute approximate surface area is 289 Å².